The van der Waals surface area contributed by atoms with E-state index in [1.807, 2.05) is 0 Å². The first-order chi connectivity index (χ1) is 9.87. The van der Waals surface area contributed by atoms with Gasteiger partial charge >= 0.3 is 11.9 Å². The van der Waals surface area contributed by atoms with Crippen molar-refractivity contribution in [3.8, 4) is 0 Å². The topological polar surface area (TPSA) is 151 Å². The van der Waals surface area contributed by atoms with Gasteiger partial charge in [0.25, 0.3) is 0 Å². The number of carbonyl (C=O) groups is 4. The number of ketones is 1. The van der Waals surface area contributed by atoms with E-state index >= 15 is 0 Å². The molecule has 0 atom stereocenters. The van der Waals surface area contributed by atoms with E-state index in [2.05, 4.69) is 20.1 Å². The number of Topliss-reactive ketones (excluding diaryl/α,β-unsaturated/α-hetero) is 1. The predicted molar refractivity (Wildman–Crippen MR) is 68.3 cm³/mol. The summed E-state index contributed by atoms with van der Waals surface area (Å²) in [6.07, 6.45) is -0.636. The smallest absolute Gasteiger partial charge is 0.317 e. The number of carbonyl (C=O) groups excluding carboxylic acids is 4. The number of ether oxygens (including phenoxy) is 2. The Kier molecular flexibility index (Phi) is 14.5. The van der Waals surface area contributed by atoms with Crippen LogP contribution in [-0.4, -0.2) is 61.1 Å². The highest BCUT2D eigenvalue weighted by molar-refractivity contribution is 5.94. The van der Waals surface area contributed by atoms with Crippen LogP contribution in [0.5, 0.6) is 0 Å². The Balaban J connectivity index is 0. The summed E-state index contributed by atoms with van der Waals surface area (Å²) in [4.78, 5) is 41.7. The van der Waals surface area contributed by atoms with Crippen LogP contribution in [0.15, 0.2) is 0 Å². The van der Waals surface area contributed by atoms with Crippen LogP contribution >= 0.6 is 0 Å². The first kappa shape index (κ1) is 21.3. The molecule has 0 bridgehead atoms. The normalized spacial score (nSPS) is 8.95. The number of aliphatic hydroxyl groups is 2. The van der Waals surface area contributed by atoms with E-state index in [1.54, 1.807) is 7.05 Å². The highest BCUT2D eigenvalue weighted by Gasteiger charge is 2.08. The van der Waals surface area contributed by atoms with Crippen molar-refractivity contribution >= 4 is 23.6 Å². The van der Waals surface area contributed by atoms with Crippen molar-refractivity contribution < 1.29 is 38.9 Å². The first-order valence-corrected chi connectivity index (χ1v) is 5.81. The second-order valence-electron chi connectivity index (χ2n) is 3.48. The van der Waals surface area contributed by atoms with E-state index in [-0.39, 0.29) is 18.6 Å². The molecule has 0 unspecified atom stereocenters. The summed E-state index contributed by atoms with van der Waals surface area (Å²) >= 11 is 0. The molecule has 0 aliphatic heterocycles. The van der Waals surface area contributed by atoms with E-state index < -0.39 is 31.4 Å². The molecule has 21 heavy (non-hydrogen) atoms. The Morgan fingerprint density at radius 1 is 0.952 bits per heavy atom. The molecule has 0 spiro atoms. The molecule has 0 fully saturated rings. The predicted octanol–water partition coefficient (Wildman–Crippen LogP) is -2.38. The molecule has 0 radical (unpaired) electrons. The van der Waals surface area contributed by atoms with Gasteiger partial charge in [-0.2, -0.15) is 0 Å². The number of hydrogen-bond donors (Lipinski definition) is 4. The molecule has 0 aromatic rings. The van der Waals surface area contributed by atoms with E-state index in [9.17, 15) is 19.2 Å². The van der Waals surface area contributed by atoms with Gasteiger partial charge in [0.2, 0.25) is 5.91 Å². The maximum atomic E-state index is 10.8. The van der Waals surface area contributed by atoms with Crippen LogP contribution in [0, 0.1) is 0 Å². The summed E-state index contributed by atoms with van der Waals surface area (Å²) in [6.45, 7) is 0.216. The second kappa shape index (κ2) is 14.4. The highest BCUT2D eigenvalue weighted by Crippen LogP contribution is 1.85. The summed E-state index contributed by atoms with van der Waals surface area (Å²) in [7, 11) is 1.66. The Morgan fingerprint density at radius 2 is 1.43 bits per heavy atom. The van der Waals surface area contributed by atoms with Crippen LogP contribution in [0.3, 0.4) is 0 Å². The number of aliphatic hydroxyl groups excluding tert-OH is 2. The van der Waals surface area contributed by atoms with Gasteiger partial charge in [0.05, 0.1) is 6.67 Å². The zero-order valence-electron chi connectivity index (χ0n) is 11.9. The van der Waals surface area contributed by atoms with Gasteiger partial charge < -0.3 is 30.3 Å². The van der Waals surface area contributed by atoms with Crippen molar-refractivity contribution in [2.75, 3.05) is 27.3 Å². The molecule has 0 rings (SSSR count). The molecule has 0 aromatic heterocycles. The van der Waals surface area contributed by atoms with Gasteiger partial charge in [0.1, 0.15) is 18.6 Å². The maximum absolute atomic E-state index is 10.8. The van der Waals surface area contributed by atoms with Crippen LogP contribution in [0.4, 0.5) is 0 Å². The fraction of sp³-hybridized carbons (Fsp3) is 0.636. The van der Waals surface area contributed by atoms with Crippen LogP contribution in [0.25, 0.3) is 0 Å². The molecule has 0 aliphatic rings. The Labute approximate surface area is 121 Å². The number of rotatable bonds is 8. The number of nitrogens with one attached hydrogen (secondary N) is 2. The van der Waals surface area contributed by atoms with Crippen molar-refractivity contribution in [1.82, 2.24) is 10.6 Å². The first-order valence-electron chi connectivity index (χ1n) is 5.81. The van der Waals surface area contributed by atoms with Crippen LogP contribution in [0.2, 0.25) is 0 Å². The van der Waals surface area contributed by atoms with Crippen molar-refractivity contribution in [2.24, 2.45) is 0 Å². The van der Waals surface area contributed by atoms with E-state index in [4.69, 9.17) is 10.2 Å². The largest absolute Gasteiger partial charge is 0.438 e. The van der Waals surface area contributed by atoms with Gasteiger partial charge in [-0.05, 0) is 14.0 Å². The van der Waals surface area contributed by atoms with Crippen molar-refractivity contribution in [1.29, 1.82) is 0 Å². The molecule has 0 saturated carbocycles. The lowest BCUT2D eigenvalue weighted by atomic mass is 10.3. The summed E-state index contributed by atoms with van der Waals surface area (Å²) in [5.41, 5.74) is 0. The molecule has 10 heteroatoms. The lowest BCUT2D eigenvalue weighted by Gasteiger charge is -2.02. The van der Waals surface area contributed by atoms with Crippen molar-refractivity contribution in [3.05, 3.63) is 0 Å². The Morgan fingerprint density at radius 3 is 1.81 bits per heavy atom. The number of amides is 1. The van der Waals surface area contributed by atoms with E-state index in [0.717, 1.165) is 0 Å². The van der Waals surface area contributed by atoms with E-state index in [0.29, 0.717) is 6.67 Å². The molecule has 4 N–H and O–H groups in total. The third-order valence-corrected chi connectivity index (χ3v) is 1.61. The van der Waals surface area contributed by atoms with Gasteiger partial charge in [-0.3, -0.25) is 19.2 Å². The zero-order valence-corrected chi connectivity index (χ0v) is 11.9. The van der Waals surface area contributed by atoms with Crippen LogP contribution in [-0.2, 0) is 28.7 Å². The zero-order chi connectivity index (χ0) is 16.7. The third-order valence-electron chi connectivity index (χ3n) is 1.61. The fourth-order valence-corrected chi connectivity index (χ4v) is 0.830. The quantitative estimate of drug-likeness (QED) is 0.219. The average Bonchev–Trinajstić information content (AvgIpc) is 2.36. The number of esters is 2. The molecular formula is C11H20N2O8. The lowest BCUT2D eigenvalue weighted by Crippen LogP contribution is -2.33. The summed E-state index contributed by atoms with van der Waals surface area (Å²) < 4.78 is 8.18. The highest BCUT2D eigenvalue weighted by atomic mass is 16.6. The fourth-order valence-electron chi connectivity index (χ4n) is 0.830. The van der Waals surface area contributed by atoms with Gasteiger partial charge in [-0.1, -0.05) is 0 Å². The minimum absolute atomic E-state index is 0.263. The van der Waals surface area contributed by atoms with Crippen molar-refractivity contribution in [2.45, 2.75) is 19.8 Å². The molecule has 122 valence electrons. The lowest BCUT2D eigenvalue weighted by molar-refractivity contribution is -0.155. The van der Waals surface area contributed by atoms with E-state index in [1.165, 1.54) is 6.92 Å². The standard InChI is InChI=1S/C6H12N2O4.C5H8O4/c1-7-3-8-5(10)2-6(11)12-4-9;1-4(7)2-5(8)9-3-6/h7,9H,2-4H2,1H3,(H,8,10);6H,2-3H2,1H3. The molecule has 10 nitrogen and oxygen atoms in total. The molecule has 0 aromatic carbocycles. The van der Waals surface area contributed by atoms with Gasteiger partial charge in [-0.25, -0.2) is 0 Å². The van der Waals surface area contributed by atoms with Gasteiger partial charge in [0.15, 0.2) is 13.6 Å². The van der Waals surface area contributed by atoms with Crippen LogP contribution < -0.4 is 10.6 Å². The number of hydrogen-bond acceptors (Lipinski definition) is 9. The molecule has 1 amide bonds. The van der Waals surface area contributed by atoms with Gasteiger partial charge in [0, 0.05) is 0 Å². The van der Waals surface area contributed by atoms with Crippen LogP contribution in [0.1, 0.15) is 19.8 Å². The molecule has 0 heterocycles. The minimum Gasteiger partial charge on any atom is -0.438 e. The summed E-state index contributed by atoms with van der Waals surface area (Å²) in [6, 6.07) is 0. The second-order valence-corrected chi connectivity index (χ2v) is 3.48. The summed E-state index contributed by atoms with van der Waals surface area (Å²) in [5.74, 6) is -2.15. The summed E-state index contributed by atoms with van der Waals surface area (Å²) in [5, 5.41) is 21.2. The maximum Gasteiger partial charge on any atom is 0.317 e. The Hall–Kier alpha value is -2.04. The Bertz CT molecular complexity index is 345. The SMILES string of the molecule is CC(=O)CC(=O)OCO.CNCNC(=O)CC(=O)OCO. The molecule has 0 aliphatic carbocycles. The van der Waals surface area contributed by atoms with Crippen molar-refractivity contribution in [3.63, 3.8) is 0 Å². The average molecular weight is 308 g/mol. The van der Waals surface area contributed by atoms with Gasteiger partial charge in [-0.15, -0.1) is 0 Å². The molecule has 0 saturated heterocycles. The third kappa shape index (κ3) is 18.0. The monoisotopic (exact) mass is 308 g/mol. The minimum atomic E-state index is -0.744. The molecular weight excluding hydrogens is 288 g/mol.